The van der Waals surface area contributed by atoms with Gasteiger partial charge < -0.3 is 20.3 Å². The fraction of sp³-hybridized carbons (Fsp3) is 0.556. The third kappa shape index (κ3) is 5.89. The van der Waals surface area contributed by atoms with E-state index in [2.05, 4.69) is 32.0 Å². The molecule has 4 nitrogen and oxygen atoms in total. The van der Waals surface area contributed by atoms with E-state index in [9.17, 15) is 5.11 Å². The molecule has 3 atom stereocenters. The van der Waals surface area contributed by atoms with Crippen molar-refractivity contribution in [3.05, 3.63) is 47.0 Å². The Morgan fingerprint density at radius 2 is 2.00 bits per heavy atom. The number of ether oxygens (including phenoxy) is 2. The van der Waals surface area contributed by atoms with E-state index in [1.165, 1.54) is 11.1 Å². The number of aliphatic hydroxyl groups is 1. The third-order valence-corrected chi connectivity index (χ3v) is 3.82. The third-order valence-electron chi connectivity index (χ3n) is 3.82. The second kappa shape index (κ2) is 8.44. The predicted octanol–water partition coefficient (Wildman–Crippen LogP) is 2.24. The van der Waals surface area contributed by atoms with E-state index in [0.717, 1.165) is 18.4 Å². The number of rotatable bonds is 7. The fourth-order valence-electron chi connectivity index (χ4n) is 2.78. The van der Waals surface area contributed by atoms with Crippen LogP contribution in [0.4, 0.5) is 0 Å². The van der Waals surface area contributed by atoms with Crippen molar-refractivity contribution in [1.82, 2.24) is 0 Å². The van der Waals surface area contributed by atoms with E-state index >= 15 is 0 Å². The van der Waals surface area contributed by atoms with Gasteiger partial charge in [-0.05, 0) is 32.3 Å². The lowest BCUT2D eigenvalue weighted by molar-refractivity contribution is 0.0440. The first-order valence-electron chi connectivity index (χ1n) is 7.91. The van der Waals surface area contributed by atoms with Gasteiger partial charge in [-0.3, -0.25) is 0 Å². The quantitative estimate of drug-likeness (QED) is 0.758. The molecule has 0 aromatic heterocycles. The minimum atomic E-state index is -0.502. The molecule has 1 heterocycles. The molecule has 0 spiro atoms. The Morgan fingerprint density at radius 3 is 2.64 bits per heavy atom. The van der Waals surface area contributed by atoms with E-state index in [1.54, 1.807) is 6.08 Å². The summed E-state index contributed by atoms with van der Waals surface area (Å²) < 4.78 is 10.5. The lowest BCUT2D eigenvalue weighted by Gasteiger charge is -2.12. The van der Waals surface area contributed by atoms with Gasteiger partial charge in [0.2, 0.25) is 0 Å². The zero-order valence-electron chi connectivity index (χ0n) is 13.5. The van der Waals surface area contributed by atoms with Gasteiger partial charge in [0.1, 0.15) is 6.79 Å². The smallest absolute Gasteiger partial charge is 0.147 e. The summed E-state index contributed by atoms with van der Waals surface area (Å²) in [5.41, 5.74) is 9.65. The van der Waals surface area contributed by atoms with Crippen molar-refractivity contribution in [2.24, 2.45) is 5.73 Å². The van der Waals surface area contributed by atoms with Crippen LogP contribution in [0.25, 0.3) is 0 Å². The molecule has 1 fully saturated rings. The van der Waals surface area contributed by atoms with Gasteiger partial charge in [0, 0.05) is 12.5 Å². The van der Waals surface area contributed by atoms with Gasteiger partial charge in [-0.25, -0.2) is 0 Å². The normalized spacial score (nSPS) is 21.4. The largest absolute Gasteiger partial charge is 0.389 e. The van der Waals surface area contributed by atoms with Crippen molar-refractivity contribution in [2.75, 3.05) is 13.4 Å². The molecule has 1 aliphatic heterocycles. The number of aryl methyl sites for hydroxylation is 2. The van der Waals surface area contributed by atoms with Crippen LogP contribution >= 0.6 is 0 Å². The summed E-state index contributed by atoms with van der Waals surface area (Å²) >= 11 is 0. The first-order chi connectivity index (χ1) is 10.5. The number of hydrogen-bond donors (Lipinski definition) is 2. The van der Waals surface area contributed by atoms with Crippen molar-refractivity contribution in [3.63, 3.8) is 0 Å². The lowest BCUT2D eigenvalue weighted by Crippen LogP contribution is -2.21. The molecule has 1 aliphatic rings. The minimum Gasteiger partial charge on any atom is -0.389 e. The second-order valence-corrected chi connectivity index (χ2v) is 6.17. The van der Waals surface area contributed by atoms with Gasteiger partial charge in [-0.15, -0.1) is 0 Å². The monoisotopic (exact) mass is 305 g/mol. The lowest BCUT2D eigenvalue weighted by atomic mass is 10.0. The van der Waals surface area contributed by atoms with Gasteiger partial charge in [0.15, 0.2) is 0 Å². The van der Waals surface area contributed by atoms with E-state index in [4.69, 9.17) is 15.2 Å². The second-order valence-electron chi connectivity index (χ2n) is 6.17. The van der Waals surface area contributed by atoms with Gasteiger partial charge in [0.25, 0.3) is 0 Å². The van der Waals surface area contributed by atoms with E-state index in [1.807, 2.05) is 6.08 Å². The zero-order chi connectivity index (χ0) is 15.9. The molecular formula is C18H27NO3. The van der Waals surface area contributed by atoms with Crippen LogP contribution in [-0.4, -0.2) is 36.8 Å². The Balaban J connectivity index is 1.75. The summed E-state index contributed by atoms with van der Waals surface area (Å²) in [6, 6.07) is 6.30. The molecule has 1 unspecified atom stereocenters. The highest BCUT2D eigenvalue weighted by molar-refractivity contribution is 5.29. The predicted molar refractivity (Wildman–Crippen MR) is 87.7 cm³/mol. The highest BCUT2D eigenvalue weighted by Crippen LogP contribution is 2.13. The molecule has 0 radical (unpaired) electrons. The topological polar surface area (TPSA) is 64.7 Å². The molecule has 2 rings (SSSR count). The van der Waals surface area contributed by atoms with Crippen LogP contribution < -0.4 is 5.73 Å². The van der Waals surface area contributed by atoms with Crippen LogP contribution in [0.15, 0.2) is 30.4 Å². The van der Waals surface area contributed by atoms with Gasteiger partial charge in [0.05, 0.1) is 18.8 Å². The van der Waals surface area contributed by atoms with Crippen LogP contribution in [0, 0.1) is 13.8 Å². The van der Waals surface area contributed by atoms with Crippen LogP contribution in [0.1, 0.15) is 29.5 Å². The van der Waals surface area contributed by atoms with Crippen molar-refractivity contribution < 1.29 is 14.6 Å². The molecule has 0 aliphatic carbocycles. The van der Waals surface area contributed by atoms with Gasteiger partial charge in [-0.1, -0.05) is 41.5 Å². The standard InChI is InChI=1S/C18H27NO3/c1-13-7-14(2)9-15(8-13)10-17(20)5-3-16(19)4-6-18-11-21-12-22-18/h3,5,7-9,16-18,20H,4,6,10-12,19H2,1-2H3/b5-3+/t16-,17+,18?/m0/s1. The van der Waals surface area contributed by atoms with Crippen molar-refractivity contribution >= 4 is 0 Å². The average Bonchev–Trinajstić information content (AvgIpc) is 2.95. The molecule has 22 heavy (non-hydrogen) atoms. The van der Waals surface area contributed by atoms with Crippen LogP contribution in [0.5, 0.6) is 0 Å². The molecule has 1 aromatic rings. The Morgan fingerprint density at radius 1 is 1.27 bits per heavy atom. The fourth-order valence-corrected chi connectivity index (χ4v) is 2.78. The van der Waals surface area contributed by atoms with Crippen LogP contribution in [0.3, 0.4) is 0 Å². The zero-order valence-corrected chi connectivity index (χ0v) is 13.5. The van der Waals surface area contributed by atoms with E-state index < -0.39 is 6.10 Å². The Hall–Kier alpha value is -1.20. The summed E-state index contributed by atoms with van der Waals surface area (Å²) in [5.74, 6) is 0. The maximum absolute atomic E-state index is 10.1. The highest BCUT2D eigenvalue weighted by atomic mass is 16.7. The maximum Gasteiger partial charge on any atom is 0.147 e. The Bertz CT molecular complexity index is 475. The molecule has 1 saturated heterocycles. The first-order valence-corrected chi connectivity index (χ1v) is 7.91. The summed E-state index contributed by atoms with van der Waals surface area (Å²) in [6.07, 6.45) is 5.69. The van der Waals surface area contributed by atoms with Gasteiger partial charge >= 0.3 is 0 Å². The Labute approximate surface area is 132 Å². The summed E-state index contributed by atoms with van der Waals surface area (Å²) in [5, 5.41) is 10.1. The summed E-state index contributed by atoms with van der Waals surface area (Å²) in [7, 11) is 0. The van der Waals surface area contributed by atoms with Crippen molar-refractivity contribution in [2.45, 2.75) is 51.4 Å². The highest BCUT2D eigenvalue weighted by Gasteiger charge is 2.16. The van der Waals surface area contributed by atoms with E-state index in [-0.39, 0.29) is 12.1 Å². The molecule has 1 aromatic carbocycles. The SMILES string of the molecule is Cc1cc(C)cc(C[C@H](O)/C=C/[C@H](N)CCC2COCO2)c1. The molecule has 0 saturated carbocycles. The molecule has 0 amide bonds. The van der Waals surface area contributed by atoms with Crippen molar-refractivity contribution in [1.29, 1.82) is 0 Å². The maximum atomic E-state index is 10.1. The van der Waals surface area contributed by atoms with Gasteiger partial charge in [-0.2, -0.15) is 0 Å². The molecule has 122 valence electrons. The van der Waals surface area contributed by atoms with Crippen LogP contribution in [0.2, 0.25) is 0 Å². The first kappa shape index (κ1) is 17.2. The number of aliphatic hydroxyl groups excluding tert-OH is 1. The molecule has 0 bridgehead atoms. The average molecular weight is 305 g/mol. The Kier molecular flexibility index (Phi) is 6.58. The number of benzene rings is 1. The van der Waals surface area contributed by atoms with Crippen LogP contribution in [-0.2, 0) is 15.9 Å². The van der Waals surface area contributed by atoms with Crippen molar-refractivity contribution in [3.8, 4) is 0 Å². The minimum absolute atomic E-state index is 0.0573. The molecule has 3 N–H and O–H groups in total. The number of nitrogens with two attached hydrogens (primary N) is 1. The van der Waals surface area contributed by atoms with E-state index in [0.29, 0.717) is 19.8 Å². The molecular weight excluding hydrogens is 278 g/mol. The number of hydrogen-bond acceptors (Lipinski definition) is 4. The molecule has 4 heteroatoms. The summed E-state index contributed by atoms with van der Waals surface area (Å²) in [6.45, 7) is 5.20. The summed E-state index contributed by atoms with van der Waals surface area (Å²) in [4.78, 5) is 0.